The fourth-order valence-electron chi connectivity index (χ4n) is 4.56. The predicted octanol–water partition coefficient (Wildman–Crippen LogP) is 7.89. The van der Waals surface area contributed by atoms with E-state index in [4.69, 9.17) is 35.3 Å². The summed E-state index contributed by atoms with van der Waals surface area (Å²) in [6.07, 6.45) is -1.12. The van der Waals surface area contributed by atoms with Crippen molar-refractivity contribution >= 4 is 49.0 Å². The van der Waals surface area contributed by atoms with Crippen LogP contribution in [0.15, 0.2) is 89.8 Å². The summed E-state index contributed by atoms with van der Waals surface area (Å²) in [5.74, 6) is -1.13. The number of halogens is 1. The number of rotatable bonds is 15. The van der Waals surface area contributed by atoms with Gasteiger partial charge in [-0.25, -0.2) is 18.1 Å². The van der Waals surface area contributed by atoms with Gasteiger partial charge in [-0.2, -0.15) is 0 Å². The molecule has 0 saturated carbocycles. The van der Waals surface area contributed by atoms with E-state index in [0.29, 0.717) is 27.2 Å². The molecule has 0 atom stereocenters. The lowest BCUT2D eigenvalue weighted by atomic mass is 10.1. The van der Waals surface area contributed by atoms with Crippen LogP contribution in [0.3, 0.4) is 0 Å². The Hall–Kier alpha value is -4.72. The number of hydrogen-bond donors (Lipinski definition) is 0. The van der Waals surface area contributed by atoms with Crippen LogP contribution >= 0.6 is 22.4 Å². The summed E-state index contributed by atoms with van der Waals surface area (Å²) in [6.45, 7) is 6.30. The molecule has 14 heteroatoms. The molecule has 0 spiro atoms. The van der Waals surface area contributed by atoms with Crippen LogP contribution in [0.5, 0.6) is 23.0 Å². The molecule has 0 N–H and O–H groups in total. The molecule has 0 bridgehead atoms. The van der Waals surface area contributed by atoms with Crippen molar-refractivity contribution in [3.63, 3.8) is 0 Å². The summed E-state index contributed by atoms with van der Waals surface area (Å²) in [5, 5.41) is -0.223. The zero-order valence-electron chi connectivity index (χ0n) is 29.6. The molecule has 0 radical (unpaired) electrons. The molecule has 0 saturated heterocycles. The maximum atomic E-state index is 13.8. The summed E-state index contributed by atoms with van der Waals surface area (Å²) in [5.41, 5.74) is 1.15. The van der Waals surface area contributed by atoms with Crippen LogP contribution < -0.4 is 18.9 Å². The molecular formula is C38H40ClNO10S2. The van der Waals surface area contributed by atoms with Gasteiger partial charge >= 0.3 is 12.0 Å². The molecule has 52 heavy (non-hydrogen) atoms. The van der Waals surface area contributed by atoms with Gasteiger partial charge in [-0.1, -0.05) is 53.6 Å². The molecule has 11 nitrogen and oxygen atoms in total. The lowest BCUT2D eigenvalue weighted by molar-refractivity contribution is -0.125. The monoisotopic (exact) mass is 769 g/mol. The summed E-state index contributed by atoms with van der Waals surface area (Å²) in [6, 6.07) is 23.3. The Morgan fingerprint density at radius 1 is 0.769 bits per heavy atom. The standard InChI is InChI=1S/C38H40ClNO10S2/c1-25-7-17-30(18-8-25)52(44,45)51-22-21-40(37(43)50-38(2,3)4)36(42)34(41)31-19-20-32(48-23-26-9-13-28(46-5)14-10-26)35(33(31)39)49-24-27-11-15-29(47-6)16-12-27/h7-20H,21-24H2,1-6H3. The van der Waals surface area contributed by atoms with Gasteiger partial charge in [0.15, 0.2) is 11.5 Å². The van der Waals surface area contributed by atoms with Crippen LogP contribution in [0.1, 0.15) is 47.8 Å². The van der Waals surface area contributed by atoms with Crippen molar-refractivity contribution in [1.29, 1.82) is 0 Å². The molecule has 0 fully saturated rings. The number of carbonyl (C=O) groups excluding carboxylic acids is 3. The highest BCUT2D eigenvalue weighted by molar-refractivity contribution is 8.72. The zero-order chi connectivity index (χ0) is 38.1. The normalized spacial score (nSPS) is 11.4. The van der Waals surface area contributed by atoms with Crippen molar-refractivity contribution < 1.29 is 46.5 Å². The molecule has 2 amide bonds. The van der Waals surface area contributed by atoms with Crippen LogP contribution in [-0.4, -0.2) is 63.2 Å². The van der Waals surface area contributed by atoms with E-state index in [1.807, 2.05) is 19.1 Å². The van der Waals surface area contributed by atoms with Gasteiger partial charge in [-0.15, -0.1) is 0 Å². The van der Waals surface area contributed by atoms with Crippen LogP contribution in [0.2, 0.25) is 5.02 Å². The first-order valence-electron chi connectivity index (χ1n) is 16.0. The highest BCUT2D eigenvalue weighted by Crippen LogP contribution is 2.39. The molecule has 0 aromatic heterocycles. The van der Waals surface area contributed by atoms with Crippen LogP contribution in [0.25, 0.3) is 0 Å². The Labute approximate surface area is 312 Å². The SMILES string of the molecule is COc1ccc(COc2ccc(C(=O)C(=O)N(CCSS(=O)(=O)c3ccc(C)cc3)C(=O)OC(C)(C)C)c(Cl)c2OCc2ccc(OC)cc2)cc1. The van der Waals surface area contributed by atoms with E-state index in [9.17, 15) is 22.8 Å². The topological polar surface area (TPSA) is 135 Å². The number of nitrogens with zero attached hydrogens (tertiary/aromatic N) is 1. The lowest BCUT2D eigenvalue weighted by Gasteiger charge is -2.26. The minimum atomic E-state index is -3.83. The third-order valence-electron chi connectivity index (χ3n) is 7.32. The van der Waals surface area contributed by atoms with Gasteiger partial charge in [0.25, 0.3) is 5.78 Å². The number of ketones is 1. The van der Waals surface area contributed by atoms with Gasteiger partial charge < -0.3 is 23.7 Å². The van der Waals surface area contributed by atoms with Crippen LogP contribution in [0.4, 0.5) is 4.79 Å². The Morgan fingerprint density at radius 2 is 1.31 bits per heavy atom. The van der Waals surface area contributed by atoms with E-state index in [0.717, 1.165) is 16.7 Å². The molecule has 4 rings (SSSR count). The fraction of sp³-hybridized carbons (Fsp3) is 0.289. The van der Waals surface area contributed by atoms with Gasteiger partial charge in [0.2, 0.25) is 8.87 Å². The van der Waals surface area contributed by atoms with Crippen molar-refractivity contribution in [2.24, 2.45) is 0 Å². The Kier molecular flexibility index (Phi) is 13.6. The van der Waals surface area contributed by atoms with Crippen molar-refractivity contribution in [2.75, 3.05) is 26.5 Å². The number of Topliss-reactive ketones (excluding diaryl/α,β-unsaturated/α-hetero) is 1. The smallest absolute Gasteiger partial charge is 0.417 e. The second kappa shape index (κ2) is 17.7. The van der Waals surface area contributed by atoms with E-state index in [1.54, 1.807) is 83.5 Å². The first-order valence-corrected chi connectivity index (χ1v) is 19.4. The number of ether oxygens (including phenoxy) is 5. The number of hydrogen-bond acceptors (Lipinski definition) is 11. The number of benzene rings is 4. The second-order valence-electron chi connectivity index (χ2n) is 12.4. The molecule has 0 aliphatic heterocycles. The summed E-state index contributed by atoms with van der Waals surface area (Å²) >= 11 is 6.79. The predicted molar refractivity (Wildman–Crippen MR) is 199 cm³/mol. The van der Waals surface area contributed by atoms with E-state index in [1.165, 1.54) is 24.3 Å². The van der Waals surface area contributed by atoms with Crippen molar-refractivity contribution in [3.8, 4) is 23.0 Å². The fourth-order valence-corrected chi connectivity index (χ4v) is 7.57. The third-order valence-corrected chi connectivity index (χ3v) is 11.2. The van der Waals surface area contributed by atoms with Gasteiger partial charge in [-0.3, -0.25) is 9.59 Å². The third kappa shape index (κ3) is 10.9. The Balaban J connectivity index is 1.61. The molecule has 4 aromatic carbocycles. The zero-order valence-corrected chi connectivity index (χ0v) is 32.0. The highest BCUT2D eigenvalue weighted by Gasteiger charge is 2.34. The molecule has 4 aromatic rings. The van der Waals surface area contributed by atoms with E-state index < -0.39 is 38.8 Å². The molecule has 0 unspecified atom stereocenters. The summed E-state index contributed by atoms with van der Waals surface area (Å²) < 4.78 is 53.9. The van der Waals surface area contributed by atoms with Crippen molar-refractivity contribution in [2.45, 2.75) is 51.4 Å². The molecule has 276 valence electrons. The molecule has 0 aliphatic rings. The largest absolute Gasteiger partial charge is 0.497 e. The minimum Gasteiger partial charge on any atom is -0.497 e. The van der Waals surface area contributed by atoms with Gasteiger partial charge in [0.1, 0.15) is 30.3 Å². The van der Waals surface area contributed by atoms with Gasteiger partial charge in [0, 0.05) is 12.3 Å². The van der Waals surface area contributed by atoms with Gasteiger partial charge in [0.05, 0.1) is 29.7 Å². The van der Waals surface area contributed by atoms with E-state index in [2.05, 4.69) is 0 Å². The Morgan fingerprint density at radius 3 is 1.83 bits per heavy atom. The second-order valence-corrected chi connectivity index (χ2v) is 16.8. The molecular weight excluding hydrogens is 730 g/mol. The number of methoxy groups -OCH3 is 2. The summed E-state index contributed by atoms with van der Waals surface area (Å²) in [4.78, 5) is 41.4. The first kappa shape index (κ1) is 40.1. The first-order chi connectivity index (χ1) is 24.6. The lowest BCUT2D eigenvalue weighted by Crippen LogP contribution is -2.45. The summed E-state index contributed by atoms with van der Waals surface area (Å²) in [7, 11) is -0.187. The molecule has 0 heterocycles. The molecule has 0 aliphatic carbocycles. The minimum absolute atomic E-state index is 0.00629. The van der Waals surface area contributed by atoms with E-state index >= 15 is 0 Å². The van der Waals surface area contributed by atoms with Gasteiger partial charge in [-0.05, 0) is 98.1 Å². The Bertz CT molecular complexity index is 1980. The number of imide groups is 1. The maximum absolute atomic E-state index is 13.8. The van der Waals surface area contributed by atoms with Crippen LogP contribution in [-0.2, 0) is 31.6 Å². The average molecular weight is 770 g/mol. The number of amides is 2. The van der Waals surface area contributed by atoms with Crippen molar-refractivity contribution in [1.82, 2.24) is 4.90 Å². The highest BCUT2D eigenvalue weighted by atomic mass is 35.5. The van der Waals surface area contributed by atoms with Crippen molar-refractivity contribution in [3.05, 3.63) is 112 Å². The van der Waals surface area contributed by atoms with E-state index in [-0.39, 0.29) is 45.9 Å². The quantitative estimate of drug-likeness (QED) is 0.0664. The van der Waals surface area contributed by atoms with Crippen LogP contribution in [0, 0.1) is 6.92 Å². The maximum Gasteiger partial charge on any atom is 0.417 e. The number of carbonyl (C=O) groups is 3. The number of aryl methyl sites for hydroxylation is 1. The average Bonchev–Trinajstić information content (AvgIpc) is 3.11.